The first-order valence-electron chi connectivity index (χ1n) is 6.26. The van der Waals surface area contributed by atoms with Gasteiger partial charge in [-0.2, -0.15) is 0 Å². The van der Waals surface area contributed by atoms with Crippen molar-refractivity contribution in [3.8, 4) is 0 Å². The minimum absolute atomic E-state index is 0.0293. The van der Waals surface area contributed by atoms with Gasteiger partial charge in [0.1, 0.15) is 0 Å². The second-order valence-electron chi connectivity index (χ2n) is 4.19. The molecule has 0 radical (unpaired) electrons. The highest BCUT2D eigenvalue weighted by atomic mass is 16.4. The van der Waals surface area contributed by atoms with Crippen molar-refractivity contribution in [3.63, 3.8) is 0 Å². The SMILES string of the molecule is O=C(O)CCCCC(=O)NC(=O)NCc1ccncc1. The van der Waals surface area contributed by atoms with Crippen LogP contribution in [0.25, 0.3) is 0 Å². The second kappa shape index (κ2) is 8.63. The summed E-state index contributed by atoms with van der Waals surface area (Å²) in [7, 11) is 0. The summed E-state index contributed by atoms with van der Waals surface area (Å²) in [6.45, 7) is 0.306. The minimum Gasteiger partial charge on any atom is -0.481 e. The largest absolute Gasteiger partial charge is 0.481 e. The Morgan fingerprint density at radius 1 is 1.10 bits per heavy atom. The quantitative estimate of drug-likeness (QED) is 0.646. The van der Waals surface area contributed by atoms with Crippen LogP contribution in [-0.4, -0.2) is 28.0 Å². The predicted molar refractivity (Wildman–Crippen MR) is 70.7 cm³/mol. The van der Waals surface area contributed by atoms with E-state index in [-0.39, 0.29) is 12.8 Å². The van der Waals surface area contributed by atoms with Crippen LogP contribution in [0.3, 0.4) is 0 Å². The number of nitrogens with zero attached hydrogens (tertiary/aromatic N) is 1. The van der Waals surface area contributed by atoms with Gasteiger partial charge in [0.25, 0.3) is 0 Å². The van der Waals surface area contributed by atoms with Crippen LogP contribution in [-0.2, 0) is 16.1 Å². The second-order valence-corrected chi connectivity index (χ2v) is 4.19. The van der Waals surface area contributed by atoms with Crippen molar-refractivity contribution in [3.05, 3.63) is 30.1 Å². The molecule has 0 aliphatic rings. The maximum Gasteiger partial charge on any atom is 0.321 e. The Bertz CT molecular complexity index is 462. The van der Waals surface area contributed by atoms with Crippen LogP contribution >= 0.6 is 0 Å². The lowest BCUT2D eigenvalue weighted by Crippen LogP contribution is -2.38. The molecule has 0 spiro atoms. The van der Waals surface area contributed by atoms with Crippen molar-refractivity contribution in [2.75, 3.05) is 0 Å². The summed E-state index contributed by atoms with van der Waals surface area (Å²) in [5.41, 5.74) is 0.879. The summed E-state index contributed by atoms with van der Waals surface area (Å²) in [5, 5.41) is 13.2. The molecule has 1 heterocycles. The van der Waals surface area contributed by atoms with Gasteiger partial charge in [0.05, 0.1) is 0 Å². The normalized spacial score (nSPS) is 9.80. The lowest BCUT2D eigenvalue weighted by atomic mass is 10.2. The minimum atomic E-state index is -0.888. The molecule has 7 nitrogen and oxygen atoms in total. The number of hydrogen-bond donors (Lipinski definition) is 3. The number of urea groups is 1. The van der Waals surface area contributed by atoms with Crippen LogP contribution in [0, 0.1) is 0 Å². The van der Waals surface area contributed by atoms with Crippen LogP contribution < -0.4 is 10.6 Å². The lowest BCUT2D eigenvalue weighted by molar-refractivity contribution is -0.137. The zero-order chi connectivity index (χ0) is 14.8. The highest BCUT2D eigenvalue weighted by molar-refractivity contribution is 5.94. The molecule has 20 heavy (non-hydrogen) atoms. The van der Waals surface area contributed by atoms with E-state index in [1.54, 1.807) is 24.5 Å². The summed E-state index contributed by atoms with van der Waals surface area (Å²) in [6.07, 6.45) is 4.25. The molecule has 108 valence electrons. The molecule has 1 rings (SSSR count). The Kier molecular flexibility index (Phi) is 6.74. The Balaban J connectivity index is 2.15. The van der Waals surface area contributed by atoms with E-state index in [1.165, 1.54) is 0 Å². The van der Waals surface area contributed by atoms with Gasteiger partial charge < -0.3 is 10.4 Å². The third-order valence-electron chi connectivity index (χ3n) is 2.50. The summed E-state index contributed by atoms with van der Waals surface area (Å²) in [4.78, 5) is 36.9. The average Bonchev–Trinajstić information content (AvgIpc) is 2.42. The molecular weight excluding hydrogens is 262 g/mol. The molecule has 0 aromatic carbocycles. The van der Waals surface area contributed by atoms with E-state index in [1.807, 2.05) is 0 Å². The number of amides is 3. The van der Waals surface area contributed by atoms with E-state index in [0.29, 0.717) is 19.4 Å². The van der Waals surface area contributed by atoms with Gasteiger partial charge in [0.15, 0.2) is 0 Å². The molecule has 1 aromatic rings. The molecule has 1 aromatic heterocycles. The number of aromatic nitrogens is 1. The van der Waals surface area contributed by atoms with Gasteiger partial charge in [-0.3, -0.25) is 19.9 Å². The van der Waals surface area contributed by atoms with Crippen LogP contribution in [0.15, 0.2) is 24.5 Å². The fourth-order valence-corrected chi connectivity index (χ4v) is 1.48. The lowest BCUT2D eigenvalue weighted by Gasteiger charge is -2.06. The average molecular weight is 279 g/mol. The van der Waals surface area contributed by atoms with Crippen LogP contribution in [0.2, 0.25) is 0 Å². The Morgan fingerprint density at radius 3 is 2.40 bits per heavy atom. The third kappa shape index (κ3) is 7.10. The molecule has 0 saturated heterocycles. The van der Waals surface area contributed by atoms with E-state index >= 15 is 0 Å². The number of imide groups is 1. The molecule has 3 N–H and O–H groups in total. The molecule has 0 saturated carbocycles. The van der Waals surface area contributed by atoms with Crippen LogP contribution in [0.4, 0.5) is 4.79 Å². The van der Waals surface area contributed by atoms with Gasteiger partial charge in [0, 0.05) is 31.8 Å². The van der Waals surface area contributed by atoms with E-state index in [4.69, 9.17) is 5.11 Å². The van der Waals surface area contributed by atoms with Gasteiger partial charge >= 0.3 is 12.0 Å². The number of unbranched alkanes of at least 4 members (excludes halogenated alkanes) is 1. The van der Waals surface area contributed by atoms with E-state index in [9.17, 15) is 14.4 Å². The van der Waals surface area contributed by atoms with Crippen molar-refractivity contribution < 1.29 is 19.5 Å². The topological polar surface area (TPSA) is 108 Å². The molecule has 0 unspecified atom stereocenters. The smallest absolute Gasteiger partial charge is 0.321 e. The summed E-state index contributed by atoms with van der Waals surface area (Å²) >= 11 is 0. The Hall–Kier alpha value is -2.44. The monoisotopic (exact) mass is 279 g/mol. The molecule has 0 fully saturated rings. The van der Waals surface area contributed by atoms with Gasteiger partial charge in [-0.15, -0.1) is 0 Å². The standard InChI is InChI=1S/C13H17N3O4/c17-11(3-1-2-4-12(18)19)16-13(20)15-9-10-5-7-14-8-6-10/h5-8H,1-4,9H2,(H,18,19)(H2,15,16,17,20). The van der Waals surface area contributed by atoms with Gasteiger partial charge in [0.2, 0.25) is 5.91 Å². The van der Waals surface area contributed by atoms with Gasteiger partial charge in [-0.1, -0.05) is 0 Å². The molecule has 7 heteroatoms. The number of carbonyl (C=O) groups is 3. The summed E-state index contributed by atoms with van der Waals surface area (Å²) < 4.78 is 0. The summed E-state index contributed by atoms with van der Waals surface area (Å²) in [5.74, 6) is -1.30. The number of pyridine rings is 1. The number of aliphatic carboxylic acids is 1. The predicted octanol–water partition coefficient (Wildman–Crippen LogP) is 1.05. The van der Waals surface area contributed by atoms with Crippen molar-refractivity contribution in [2.24, 2.45) is 0 Å². The van der Waals surface area contributed by atoms with Crippen molar-refractivity contribution in [1.82, 2.24) is 15.6 Å². The number of hydrogen-bond acceptors (Lipinski definition) is 4. The Morgan fingerprint density at radius 2 is 1.75 bits per heavy atom. The van der Waals surface area contributed by atoms with E-state index in [0.717, 1.165) is 5.56 Å². The van der Waals surface area contributed by atoms with Crippen molar-refractivity contribution in [1.29, 1.82) is 0 Å². The van der Waals surface area contributed by atoms with Gasteiger partial charge in [-0.05, 0) is 30.5 Å². The highest BCUT2D eigenvalue weighted by Gasteiger charge is 2.07. The number of rotatable bonds is 7. The molecule has 0 aliphatic heterocycles. The third-order valence-corrected chi connectivity index (χ3v) is 2.50. The molecule has 0 bridgehead atoms. The number of carbonyl (C=O) groups excluding carboxylic acids is 2. The molecule has 0 aliphatic carbocycles. The van der Waals surface area contributed by atoms with Crippen LogP contribution in [0.5, 0.6) is 0 Å². The first-order valence-corrected chi connectivity index (χ1v) is 6.26. The van der Waals surface area contributed by atoms with Crippen LogP contribution in [0.1, 0.15) is 31.2 Å². The fourth-order valence-electron chi connectivity index (χ4n) is 1.48. The van der Waals surface area contributed by atoms with Crippen molar-refractivity contribution >= 4 is 17.9 Å². The van der Waals surface area contributed by atoms with E-state index < -0.39 is 17.9 Å². The Labute approximate surface area is 116 Å². The molecule has 3 amide bonds. The maximum absolute atomic E-state index is 11.4. The zero-order valence-electron chi connectivity index (χ0n) is 11.0. The van der Waals surface area contributed by atoms with Crippen molar-refractivity contribution in [2.45, 2.75) is 32.2 Å². The first kappa shape index (κ1) is 15.6. The maximum atomic E-state index is 11.4. The number of carboxylic acids is 1. The number of nitrogens with one attached hydrogen (secondary N) is 2. The van der Waals surface area contributed by atoms with Gasteiger partial charge in [-0.25, -0.2) is 4.79 Å². The highest BCUT2D eigenvalue weighted by Crippen LogP contribution is 1.99. The van der Waals surface area contributed by atoms with E-state index in [2.05, 4.69) is 15.6 Å². The molecular formula is C13H17N3O4. The fraction of sp³-hybridized carbons (Fsp3) is 0.385. The summed E-state index contributed by atoms with van der Waals surface area (Å²) in [6, 6.07) is 2.95. The number of carboxylic acid groups (broad SMARTS) is 1. The zero-order valence-corrected chi connectivity index (χ0v) is 11.0. The molecule has 0 atom stereocenters. The first-order chi connectivity index (χ1) is 9.58.